The minimum atomic E-state index is -0.228. The number of ether oxygens (including phenoxy) is 2. The smallest absolute Gasteiger partial charge is 0.164 e. The van der Waals surface area contributed by atoms with Gasteiger partial charge in [0, 0.05) is 6.42 Å². The molecule has 0 bridgehead atoms. The standard InChI is InChI=1S/C7H10O3/c8-5-2-1-3-6-7(5)10-4-9-6/h6-7H,1-4H2. The molecule has 10 heavy (non-hydrogen) atoms. The van der Waals surface area contributed by atoms with Crippen molar-refractivity contribution in [1.82, 2.24) is 0 Å². The zero-order valence-electron chi connectivity index (χ0n) is 5.71. The first kappa shape index (κ1) is 6.31. The number of Topliss-reactive ketones (excluding diaryl/α,β-unsaturated/α-hetero) is 1. The number of carbonyl (C=O) groups is 1. The minimum Gasteiger partial charge on any atom is -0.349 e. The molecule has 1 aliphatic heterocycles. The molecule has 0 radical (unpaired) electrons. The Morgan fingerprint density at radius 2 is 2.30 bits per heavy atom. The van der Waals surface area contributed by atoms with E-state index in [1.54, 1.807) is 0 Å². The Kier molecular flexibility index (Phi) is 1.47. The summed E-state index contributed by atoms with van der Waals surface area (Å²) in [4.78, 5) is 11.1. The van der Waals surface area contributed by atoms with E-state index in [1.165, 1.54) is 0 Å². The van der Waals surface area contributed by atoms with Crippen LogP contribution >= 0.6 is 0 Å². The van der Waals surface area contributed by atoms with E-state index in [0.717, 1.165) is 12.8 Å². The van der Waals surface area contributed by atoms with Crippen LogP contribution in [0.25, 0.3) is 0 Å². The summed E-state index contributed by atoms with van der Waals surface area (Å²) in [6.07, 6.45) is 2.46. The van der Waals surface area contributed by atoms with Gasteiger partial charge in [-0.15, -0.1) is 0 Å². The van der Waals surface area contributed by atoms with Crippen molar-refractivity contribution < 1.29 is 14.3 Å². The summed E-state index contributed by atoms with van der Waals surface area (Å²) < 4.78 is 10.3. The molecular formula is C7H10O3. The van der Waals surface area contributed by atoms with E-state index in [4.69, 9.17) is 9.47 Å². The summed E-state index contributed by atoms with van der Waals surface area (Å²) >= 11 is 0. The Morgan fingerprint density at radius 3 is 3.10 bits per heavy atom. The van der Waals surface area contributed by atoms with Gasteiger partial charge < -0.3 is 9.47 Å². The van der Waals surface area contributed by atoms with Gasteiger partial charge in [-0.25, -0.2) is 0 Å². The molecule has 3 nitrogen and oxygen atoms in total. The fraction of sp³-hybridized carbons (Fsp3) is 0.857. The molecule has 1 heterocycles. The van der Waals surface area contributed by atoms with Crippen LogP contribution in [0.5, 0.6) is 0 Å². The lowest BCUT2D eigenvalue weighted by Gasteiger charge is -2.20. The number of carbonyl (C=O) groups excluding carboxylic acids is 1. The van der Waals surface area contributed by atoms with Crippen LogP contribution in [-0.4, -0.2) is 24.8 Å². The van der Waals surface area contributed by atoms with Crippen LogP contribution in [0.4, 0.5) is 0 Å². The average molecular weight is 142 g/mol. The van der Waals surface area contributed by atoms with E-state index < -0.39 is 0 Å². The molecule has 56 valence electrons. The molecule has 2 unspecified atom stereocenters. The predicted octanol–water partition coefficient (Wildman–Crippen LogP) is 0.481. The quantitative estimate of drug-likeness (QED) is 0.493. The number of hydrogen-bond acceptors (Lipinski definition) is 3. The average Bonchev–Trinajstić information content (AvgIpc) is 2.36. The summed E-state index contributed by atoms with van der Waals surface area (Å²) in [5.74, 6) is 0.216. The zero-order valence-corrected chi connectivity index (χ0v) is 5.71. The normalized spacial score (nSPS) is 39.8. The Morgan fingerprint density at radius 1 is 1.40 bits per heavy atom. The SMILES string of the molecule is O=C1CCCC2OCOC12. The van der Waals surface area contributed by atoms with Crippen LogP contribution in [0.3, 0.4) is 0 Å². The fourth-order valence-electron chi connectivity index (χ4n) is 1.55. The molecule has 1 aliphatic carbocycles. The molecule has 2 aliphatic rings. The Bertz CT molecular complexity index is 155. The molecule has 2 fully saturated rings. The number of ketones is 1. The summed E-state index contributed by atoms with van der Waals surface area (Å²) in [7, 11) is 0. The van der Waals surface area contributed by atoms with Gasteiger partial charge in [-0.3, -0.25) is 4.79 Å². The Balaban J connectivity index is 2.10. The van der Waals surface area contributed by atoms with Gasteiger partial charge in [0.25, 0.3) is 0 Å². The molecule has 0 amide bonds. The molecule has 1 saturated carbocycles. The lowest BCUT2D eigenvalue weighted by atomic mass is 9.94. The molecule has 0 spiro atoms. The largest absolute Gasteiger partial charge is 0.349 e. The van der Waals surface area contributed by atoms with Crippen LogP contribution in [0.15, 0.2) is 0 Å². The summed E-state index contributed by atoms with van der Waals surface area (Å²) in [5.41, 5.74) is 0. The highest BCUT2D eigenvalue weighted by Gasteiger charge is 2.37. The van der Waals surface area contributed by atoms with Gasteiger partial charge in [-0.1, -0.05) is 0 Å². The lowest BCUT2D eigenvalue weighted by molar-refractivity contribution is -0.130. The van der Waals surface area contributed by atoms with Gasteiger partial charge in [-0.05, 0) is 12.8 Å². The Labute approximate surface area is 59.3 Å². The molecule has 3 heteroatoms. The van der Waals surface area contributed by atoms with Crippen molar-refractivity contribution >= 4 is 5.78 Å². The van der Waals surface area contributed by atoms with E-state index in [0.29, 0.717) is 13.2 Å². The van der Waals surface area contributed by atoms with Crippen molar-refractivity contribution in [3.63, 3.8) is 0 Å². The molecule has 2 rings (SSSR count). The van der Waals surface area contributed by atoms with Crippen LogP contribution in [0.2, 0.25) is 0 Å². The second-order valence-electron chi connectivity index (χ2n) is 2.77. The molecule has 0 aromatic heterocycles. The molecule has 0 aromatic carbocycles. The van der Waals surface area contributed by atoms with E-state index in [9.17, 15) is 4.79 Å². The molecule has 1 saturated heterocycles. The monoisotopic (exact) mass is 142 g/mol. The highest BCUT2D eigenvalue weighted by Crippen LogP contribution is 2.25. The number of hydrogen-bond donors (Lipinski definition) is 0. The molecule has 0 aromatic rings. The second kappa shape index (κ2) is 2.32. The second-order valence-corrected chi connectivity index (χ2v) is 2.77. The third-order valence-electron chi connectivity index (χ3n) is 2.10. The van der Waals surface area contributed by atoms with Gasteiger partial charge in [0.05, 0.1) is 6.10 Å². The maximum atomic E-state index is 11.1. The van der Waals surface area contributed by atoms with Crippen LogP contribution in [0, 0.1) is 0 Å². The van der Waals surface area contributed by atoms with Crippen molar-refractivity contribution in [2.75, 3.05) is 6.79 Å². The first-order valence-corrected chi connectivity index (χ1v) is 3.64. The van der Waals surface area contributed by atoms with Gasteiger partial charge in [-0.2, -0.15) is 0 Å². The van der Waals surface area contributed by atoms with Crippen LogP contribution in [0.1, 0.15) is 19.3 Å². The van der Waals surface area contributed by atoms with E-state index >= 15 is 0 Å². The first-order valence-electron chi connectivity index (χ1n) is 3.64. The summed E-state index contributed by atoms with van der Waals surface area (Å²) in [5, 5.41) is 0. The molecular weight excluding hydrogens is 132 g/mol. The van der Waals surface area contributed by atoms with Gasteiger partial charge in [0.15, 0.2) is 5.78 Å². The van der Waals surface area contributed by atoms with E-state index in [-0.39, 0.29) is 18.0 Å². The number of fused-ring (bicyclic) bond motifs is 1. The third-order valence-corrected chi connectivity index (χ3v) is 2.10. The Hall–Kier alpha value is -0.410. The van der Waals surface area contributed by atoms with E-state index in [1.807, 2.05) is 0 Å². The zero-order chi connectivity index (χ0) is 6.97. The van der Waals surface area contributed by atoms with Gasteiger partial charge in [0.2, 0.25) is 0 Å². The maximum Gasteiger partial charge on any atom is 0.164 e. The molecule has 2 atom stereocenters. The van der Waals surface area contributed by atoms with Crippen molar-refractivity contribution in [3.8, 4) is 0 Å². The lowest BCUT2D eigenvalue weighted by Crippen LogP contribution is -2.35. The highest BCUT2D eigenvalue weighted by atomic mass is 16.7. The number of rotatable bonds is 0. The minimum absolute atomic E-state index is 0.0706. The van der Waals surface area contributed by atoms with Crippen molar-refractivity contribution in [1.29, 1.82) is 0 Å². The summed E-state index contributed by atoms with van der Waals surface area (Å²) in [6.45, 7) is 0.307. The van der Waals surface area contributed by atoms with Gasteiger partial charge >= 0.3 is 0 Å². The van der Waals surface area contributed by atoms with Gasteiger partial charge in [0.1, 0.15) is 12.9 Å². The fourth-order valence-corrected chi connectivity index (χ4v) is 1.55. The summed E-state index contributed by atoms with van der Waals surface area (Å²) in [6, 6.07) is 0. The van der Waals surface area contributed by atoms with Crippen LogP contribution < -0.4 is 0 Å². The first-order chi connectivity index (χ1) is 4.88. The molecule has 0 N–H and O–H groups in total. The maximum absolute atomic E-state index is 11.1. The highest BCUT2D eigenvalue weighted by molar-refractivity contribution is 5.84. The predicted molar refractivity (Wildman–Crippen MR) is 33.5 cm³/mol. The topological polar surface area (TPSA) is 35.5 Å². The van der Waals surface area contributed by atoms with Crippen molar-refractivity contribution in [2.24, 2.45) is 0 Å². The van der Waals surface area contributed by atoms with E-state index in [2.05, 4.69) is 0 Å². The third kappa shape index (κ3) is 0.859. The van der Waals surface area contributed by atoms with Crippen molar-refractivity contribution in [2.45, 2.75) is 31.5 Å². The van der Waals surface area contributed by atoms with Crippen LogP contribution in [-0.2, 0) is 14.3 Å². The van der Waals surface area contributed by atoms with Crippen molar-refractivity contribution in [3.05, 3.63) is 0 Å².